The summed E-state index contributed by atoms with van der Waals surface area (Å²) in [6.45, 7) is 0. The Morgan fingerprint density at radius 2 is 2.08 bits per heavy atom. The molecule has 0 unspecified atom stereocenters. The highest BCUT2D eigenvalue weighted by Gasteiger charge is 2.33. The molecule has 0 aliphatic heterocycles. The van der Waals surface area contributed by atoms with E-state index >= 15 is 0 Å². The highest BCUT2D eigenvalue weighted by atomic mass is 19.4. The van der Waals surface area contributed by atoms with Gasteiger partial charge in [0.25, 0.3) is 0 Å². The third-order valence-corrected chi connectivity index (χ3v) is 1.28. The third-order valence-electron chi connectivity index (χ3n) is 1.28. The number of aromatic nitrogens is 1. The van der Waals surface area contributed by atoms with Gasteiger partial charge in [-0.2, -0.15) is 13.2 Å². The summed E-state index contributed by atoms with van der Waals surface area (Å²) in [6, 6.07) is 1.16. The van der Waals surface area contributed by atoms with Crippen LogP contribution in [0.15, 0.2) is 18.5 Å². The zero-order valence-corrected chi connectivity index (χ0v) is 5.89. The Kier molecular flexibility index (Phi) is 2.18. The van der Waals surface area contributed by atoms with Crippen molar-refractivity contribution in [2.24, 2.45) is 5.84 Å². The molecule has 0 aliphatic rings. The molecule has 1 aromatic rings. The normalized spacial score (nSPS) is 11.3. The lowest BCUT2D eigenvalue weighted by molar-refractivity contribution is -0.137. The number of hydrogen-bond acceptors (Lipinski definition) is 3. The molecule has 3 nitrogen and oxygen atoms in total. The van der Waals surface area contributed by atoms with Gasteiger partial charge in [-0.05, 0) is 6.07 Å². The summed E-state index contributed by atoms with van der Waals surface area (Å²) in [5, 5.41) is 0. The van der Waals surface area contributed by atoms with Gasteiger partial charge in [0, 0.05) is 12.4 Å². The van der Waals surface area contributed by atoms with Crippen LogP contribution in [0.5, 0.6) is 0 Å². The SMILES string of the molecule is NNc1ccncc1C(F)(F)F. The van der Waals surface area contributed by atoms with Crippen LogP contribution in [0.3, 0.4) is 0 Å². The molecule has 1 rings (SSSR count). The molecule has 1 heterocycles. The van der Waals surface area contributed by atoms with E-state index in [4.69, 9.17) is 5.84 Å². The van der Waals surface area contributed by atoms with E-state index in [1.54, 1.807) is 0 Å². The summed E-state index contributed by atoms with van der Waals surface area (Å²) in [7, 11) is 0. The molecule has 0 aromatic carbocycles. The van der Waals surface area contributed by atoms with Crippen molar-refractivity contribution >= 4 is 5.69 Å². The number of nitrogens with one attached hydrogen (secondary N) is 1. The van der Waals surface area contributed by atoms with Gasteiger partial charge in [0.1, 0.15) is 0 Å². The highest BCUT2D eigenvalue weighted by Crippen LogP contribution is 2.33. The van der Waals surface area contributed by atoms with Crippen LogP contribution in [0.25, 0.3) is 0 Å². The van der Waals surface area contributed by atoms with Crippen LogP contribution in [-0.2, 0) is 6.18 Å². The van der Waals surface area contributed by atoms with Crippen molar-refractivity contribution in [2.45, 2.75) is 6.18 Å². The first-order valence-electron chi connectivity index (χ1n) is 3.03. The largest absolute Gasteiger partial charge is 0.419 e. The van der Waals surface area contributed by atoms with Crippen molar-refractivity contribution in [3.05, 3.63) is 24.0 Å². The molecular formula is C6H6F3N3. The molecule has 0 radical (unpaired) electrons. The fraction of sp³-hybridized carbons (Fsp3) is 0.167. The minimum absolute atomic E-state index is 0.183. The van der Waals surface area contributed by atoms with Crippen LogP contribution < -0.4 is 11.3 Å². The number of halogens is 3. The highest BCUT2D eigenvalue weighted by molar-refractivity contribution is 5.49. The monoisotopic (exact) mass is 177 g/mol. The molecule has 0 atom stereocenters. The first kappa shape index (κ1) is 8.79. The van der Waals surface area contributed by atoms with E-state index in [-0.39, 0.29) is 5.69 Å². The topological polar surface area (TPSA) is 50.9 Å². The molecule has 0 bridgehead atoms. The van der Waals surface area contributed by atoms with Crippen molar-refractivity contribution < 1.29 is 13.2 Å². The van der Waals surface area contributed by atoms with Gasteiger partial charge in [0.05, 0.1) is 11.3 Å². The van der Waals surface area contributed by atoms with Crippen LogP contribution in [0, 0.1) is 0 Å². The quantitative estimate of drug-likeness (QED) is 0.503. The molecule has 0 aliphatic carbocycles. The van der Waals surface area contributed by atoms with Crippen molar-refractivity contribution in [2.75, 3.05) is 5.43 Å². The van der Waals surface area contributed by atoms with E-state index in [1.165, 1.54) is 6.20 Å². The van der Waals surface area contributed by atoms with Gasteiger partial charge in [0.15, 0.2) is 0 Å². The van der Waals surface area contributed by atoms with Crippen LogP contribution in [-0.4, -0.2) is 4.98 Å². The Labute approximate surface area is 66.4 Å². The Morgan fingerprint density at radius 1 is 1.42 bits per heavy atom. The number of rotatable bonds is 1. The zero-order chi connectivity index (χ0) is 9.19. The first-order valence-corrected chi connectivity index (χ1v) is 3.03. The molecule has 0 fully saturated rings. The van der Waals surface area contributed by atoms with Gasteiger partial charge in [0.2, 0.25) is 0 Å². The van der Waals surface area contributed by atoms with Crippen molar-refractivity contribution in [1.82, 2.24) is 4.98 Å². The van der Waals surface area contributed by atoms with Crippen LogP contribution in [0.4, 0.5) is 18.9 Å². The Hall–Kier alpha value is -1.30. The van der Waals surface area contributed by atoms with Gasteiger partial charge in [-0.25, -0.2) is 0 Å². The van der Waals surface area contributed by atoms with Crippen molar-refractivity contribution in [3.8, 4) is 0 Å². The Balaban J connectivity index is 3.14. The number of hydrogen-bond donors (Lipinski definition) is 2. The second-order valence-corrected chi connectivity index (χ2v) is 2.06. The van der Waals surface area contributed by atoms with Gasteiger partial charge in [-0.15, -0.1) is 0 Å². The number of nitrogens with zero attached hydrogens (tertiary/aromatic N) is 1. The number of nitrogen functional groups attached to an aromatic ring is 1. The summed E-state index contributed by atoms with van der Waals surface area (Å²) in [5.74, 6) is 4.87. The summed E-state index contributed by atoms with van der Waals surface area (Å²) < 4.78 is 36.3. The minimum atomic E-state index is -4.42. The zero-order valence-electron chi connectivity index (χ0n) is 5.89. The standard InChI is InChI=1S/C6H6F3N3/c7-6(8,9)4-3-11-2-1-5(4)12-10/h1-3H,10H2,(H,11,12). The maximum absolute atomic E-state index is 12.1. The third kappa shape index (κ3) is 1.65. The lowest BCUT2D eigenvalue weighted by Crippen LogP contribution is -2.14. The van der Waals surface area contributed by atoms with E-state index in [2.05, 4.69) is 4.98 Å². The van der Waals surface area contributed by atoms with Gasteiger partial charge < -0.3 is 5.43 Å². The minimum Gasteiger partial charge on any atom is -0.323 e. The molecule has 0 saturated carbocycles. The molecule has 0 spiro atoms. The molecule has 0 saturated heterocycles. The van der Waals surface area contributed by atoms with Crippen molar-refractivity contribution in [1.29, 1.82) is 0 Å². The van der Waals surface area contributed by atoms with Crippen LogP contribution in [0.2, 0.25) is 0 Å². The van der Waals surface area contributed by atoms with Gasteiger partial charge >= 0.3 is 6.18 Å². The maximum atomic E-state index is 12.1. The fourth-order valence-electron chi connectivity index (χ4n) is 0.746. The average Bonchev–Trinajstić information content (AvgIpc) is 2.03. The van der Waals surface area contributed by atoms with E-state index < -0.39 is 11.7 Å². The predicted molar refractivity (Wildman–Crippen MR) is 37.0 cm³/mol. The number of nitrogens with two attached hydrogens (primary N) is 1. The van der Waals surface area contributed by atoms with E-state index in [1.807, 2.05) is 5.43 Å². The number of pyridine rings is 1. The number of alkyl halides is 3. The molecule has 1 aromatic heterocycles. The lowest BCUT2D eigenvalue weighted by Gasteiger charge is -2.10. The predicted octanol–water partition coefficient (Wildman–Crippen LogP) is 1.39. The number of hydrazine groups is 1. The summed E-state index contributed by atoms with van der Waals surface area (Å²) >= 11 is 0. The van der Waals surface area contributed by atoms with Crippen LogP contribution in [0.1, 0.15) is 5.56 Å². The first-order chi connectivity index (χ1) is 5.55. The van der Waals surface area contributed by atoms with E-state index in [0.717, 1.165) is 12.3 Å². The second kappa shape index (κ2) is 2.98. The smallest absolute Gasteiger partial charge is 0.323 e. The fourth-order valence-corrected chi connectivity index (χ4v) is 0.746. The van der Waals surface area contributed by atoms with E-state index in [0.29, 0.717) is 0 Å². The molecule has 66 valence electrons. The summed E-state index contributed by atoms with van der Waals surface area (Å²) in [4.78, 5) is 3.34. The summed E-state index contributed by atoms with van der Waals surface area (Å²) in [6.07, 6.45) is -2.48. The lowest BCUT2D eigenvalue weighted by atomic mass is 10.2. The Bertz CT molecular complexity index is 271. The summed E-state index contributed by atoms with van der Waals surface area (Å²) in [5.41, 5.74) is 0.891. The van der Waals surface area contributed by atoms with Gasteiger partial charge in [-0.3, -0.25) is 10.8 Å². The molecule has 12 heavy (non-hydrogen) atoms. The van der Waals surface area contributed by atoms with Crippen molar-refractivity contribution in [3.63, 3.8) is 0 Å². The Morgan fingerprint density at radius 3 is 2.50 bits per heavy atom. The number of anilines is 1. The van der Waals surface area contributed by atoms with Gasteiger partial charge in [-0.1, -0.05) is 0 Å². The molecule has 3 N–H and O–H groups in total. The molecule has 0 amide bonds. The molecule has 6 heteroatoms. The average molecular weight is 177 g/mol. The van der Waals surface area contributed by atoms with E-state index in [9.17, 15) is 13.2 Å². The van der Waals surface area contributed by atoms with Crippen LogP contribution >= 0.6 is 0 Å². The second-order valence-electron chi connectivity index (χ2n) is 2.06. The maximum Gasteiger partial charge on any atom is 0.419 e. The molecular weight excluding hydrogens is 171 g/mol.